The second-order valence-corrected chi connectivity index (χ2v) is 7.53. The van der Waals surface area contributed by atoms with Gasteiger partial charge < -0.3 is 9.88 Å². The van der Waals surface area contributed by atoms with Crippen LogP contribution in [0.2, 0.25) is 0 Å². The summed E-state index contributed by atoms with van der Waals surface area (Å²) in [7, 11) is 1.92. The summed E-state index contributed by atoms with van der Waals surface area (Å²) < 4.78 is 1.93. The second-order valence-electron chi connectivity index (χ2n) is 6.22. The quantitative estimate of drug-likeness (QED) is 0.825. The molecule has 6 heteroatoms. The maximum atomic E-state index is 12.3. The molecule has 1 atom stereocenters. The number of carbonyl (C=O) groups excluding carboxylic acids is 1. The van der Waals surface area contributed by atoms with Crippen LogP contribution >= 0.6 is 11.8 Å². The van der Waals surface area contributed by atoms with Crippen molar-refractivity contribution in [2.75, 3.05) is 0 Å². The number of amides is 1. The van der Waals surface area contributed by atoms with Gasteiger partial charge in [-0.25, -0.2) is 0 Å². The van der Waals surface area contributed by atoms with Crippen molar-refractivity contribution in [1.82, 2.24) is 20.1 Å². The minimum atomic E-state index is -0.229. The zero-order chi connectivity index (χ0) is 17.0. The Morgan fingerprint density at radius 3 is 2.57 bits per heavy atom. The Morgan fingerprint density at radius 1 is 1.30 bits per heavy atom. The third-order valence-corrected chi connectivity index (χ3v) is 5.00. The summed E-state index contributed by atoms with van der Waals surface area (Å²) in [6.07, 6.45) is 0.887. The Hall–Kier alpha value is -1.82. The number of aromatic nitrogens is 3. The van der Waals surface area contributed by atoms with E-state index in [2.05, 4.69) is 22.4 Å². The minimum Gasteiger partial charge on any atom is -0.350 e. The fourth-order valence-electron chi connectivity index (χ4n) is 1.99. The number of thioether (sulfide) groups is 1. The average molecular weight is 332 g/mol. The highest BCUT2D eigenvalue weighted by Crippen LogP contribution is 2.26. The molecule has 0 aliphatic rings. The molecule has 1 unspecified atom stereocenters. The molecule has 23 heavy (non-hydrogen) atoms. The molecule has 1 amide bonds. The first-order chi connectivity index (χ1) is 10.8. The Balaban J connectivity index is 2.09. The van der Waals surface area contributed by atoms with E-state index in [1.165, 1.54) is 11.8 Å². The molecule has 0 aliphatic carbocycles. The van der Waals surface area contributed by atoms with Gasteiger partial charge in [-0.3, -0.25) is 4.79 Å². The molecule has 2 rings (SSSR count). The molecule has 2 aromatic rings. The van der Waals surface area contributed by atoms with E-state index in [4.69, 9.17) is 0 Å². The van der Waals surface area contributed by atoms with Crippen LogP contribution < -0.4 is 5.32 Å². The first kappa shape index (κ1) is 17.5. The van der Waals surface area contributed by atoms with Crippen molar-refractivity contribution in [2.24, 2.45) is 7.05 Å². The Kier molecular flexibility index (Phi) is 5.46. The molecule has 0 saturated heterocycles. The molecule has 0 saturated carbocycles. The lowest BCUT2D eigenvalue weighted by Crippen LogP contribution is -2.46. The molecule has 1 aromatic heterocycles. The van der Waals surface area contributed by atoms with Crippen LogP contribution in [0.3, 0.4) is 0 Å². The van der Waals surface area contributed by atoms with E-state index >= 15 is 0 Å². The minimum absolute atomic E-state index is 0.0195. The summed E-state index contributed by atoms with van der Waals surface area (Å²) in [5.74, 6) is 0.820. The molecule has 0 bridgehead atoms. The number of hydrogen-bond acceptors (Lipinski definition) is 4. The number of nitrogens with zero attached hydrogens (tertiary/aromatic N) is 3. The van der Waals surface area contributed by atoms with Gasteiger partial charge >= 0.3 is 0 Å². The van der Waals surface area contributed by atoms with Crippen molar-refractivity contribution in [3.8, 4) is 11.4 Å². The Bertz CT molecular complexity index is 666. The fourth-order valence-corrected chi connectivity index (χ4v) is 2.81. The highest BCUT2D eigenvalue weighted by atomic mass is 32.2. The van der Waals surface area contributed by atoms with Gasteiger partial charge in [0.05, 0.1) is 5.25 Å². The molecule has 1 heterocycles. The molecule has 124 valence electrons. The third-order valence-electron chi connectivity index (χ3n) is 3.86. The van der Waals surface area contributed by atoms with Crippen molar-refractivity contribution >= 4 is 17.7 Å². The topological polar surface area (TPSA) is 59.8 Å². The van der Waals surface area contributed by atoms with E-state index in [1.807, 2.05) is 62.7 Å². The van der Waals surface area contributed by atoms with E-state index in [0.29, 0.717) is 0 Å². The van der Waals surface area contributed by atoms with Crippen LogP contribution in [-0.2, 0) is 11.8 Å². The van der Waals surface area contributed by atoms with E-state index in [0.717, 1.165) is 23.0 Å². The first-order valence-corrected chi connectivity index (χ1v) is 8.65. The number of rotatable bonds is 6. The number of benzene rings is 1. The lowest BCUT2D eigenvalue weighted by atomic mass is 10.0. The van der Waals surface area contributed by atoms with Crippen molar-refractivity contribution in [1.29, 1.82) is 0 Å². The van der Waals surface area contributed by atoms with Gasteiger partial charge in [-0.2, -0.15) is 0 Å². The summed E-state index contributed by atoms with van der Waals surface area (Å²) >= 11 is 1.42. The van der Waals surface area contributed by atoms with Gasteiger partial charge in [-0.15, -0.1) is 10.2 Å². The second kappa shape index (κ2) is 7.17. The van der Waals surface area contributed by atoms with Gasteiger partial charge in [-0.1, -0.05) is 49.0 Å². The van der Waals surface area contributed by atoms with Crippen LogP contribution in [0, 0.1) is 0 Å². The van der Waals surface area contributed by atoms with E-state index < -0.39 is 0 Å². The standard InChI is InChI=1S/C17H24N4OS/c1-6-17(3,4)18-15(22)12(2)23-16-20-19-14(21(16)5)13-10-8-7-9-11-13/h7-12H,6H2,1-5H3,(H,18,22). The van der Waals surface area contributed by atoms with E-state index in [1.54, 1.807) is 0 Å². The lowest BCUT2D eigenvalue weighted by Gasteiger charge is -2.26. The first-order valence-electron chi connectivity index (χ1n) is 7.77. The summed E-state index contributed by atoms with van der Waals surface area (Å²) in [6, 6.07) is 9.91. The largest absolute Gasteiger partial charge is 0.350 e. The summed E-state index contributed by atoms with van der Waals surface area (Å²) in [4.78, 5) is 12.3. The maximum absolute atomic E-state index is 12.3. The smallest absolute Gasteiger partial charge is 0.233 e. The number of carbonyl (C=O) groups is 1. The van der Waals surface area contributed by atoms with Crippen LogP contribution in [0.1, 0.15) is 34.1 Å². The van der Waals surface area contributed by atoms with Crippen molar-refractivity contribution < 1.29 is 4.79 Å². The molecule has 5 nitrogen and oxygen atoms in total. The zero-order valence-corrected chi connectivity index (χ0v) is 15.1. The van der Waals surface area contributed by atoms with Gasteiger partial charge in [0.25, 0.3) is 0 Å². The molecule has 1 N–H and O–H groups in total. The Morgan fingerprint density at radius 2 is 1.96 bits per heavy atom. The maximum Gasteiger partial charge on any atom is 0.233 e. The normalized spacial score (nSPS) is 12.9. The van der Waals surface area contributed by atoms with Gasteiger partial charge in [0.1, 0.15) is 0 Å². The third kappa shape index (κ3) is 4.34. The number of nitrogens with one attached hydrogen (secondary N) is 1. The fraction of sp³-hybridized carbons (Fsp3) is 0.471. The Labute approximate surface area is 141 Å². The van der Waals surface area contributed by atoms with Crippen LogP contribution in [-0.4, -0.2) is 31.5 Å². The molecular weight excluding hydrogens is 308 g/mol. The van der Waals surface area contributed by atoms with Crippen molar-refractivity contribution in [3.63, 3.8) is 0 Å². The lowest BCUT2D eigenvalue weighted by molar-refractivity contribution is -0.121. The predicted molar refractivity (Wildman–Crippen MR) is 94.3 cm³/mol. The van der Waals surface area contributed by atoms with Crippen molar-refractivity contribution in [3.05, 3.63) is 30.3 Å². The molecular formula is C17H24N4OS. The van der Waals surface area contributed by atoms with E-state index in [-0.39, 0.29) is 16.7 Å². The van der Waals surface area contributed by atoms with Crippen molar-refractivity contribution in [2.45, 2.75) is 50.1 Å². The highest BCUT2D eigenvalue weighted by molar-refractivity contribution is 8.00. The molecule has 1 aromatic carbocycles. The van der Waals surface area contributed by atoms with Crippen LogP contribution in [0.5, 0.6) is 0 Å². The van der Waals surface area contributed by atoms with Crippen LogP contribution in [0.15, 0.2) is 35.5 Å². The number of hydrogen-bond donors (Lipinski definition) is 1. The van der Waals surface area contributed by atoms with E-state index in [9.17, 15) is 4.79 Å². The average Bonchev–Trinajstić information content (AvgIpc) is 2.88. The van der Waals surface area contributed by atoms with Gasteiger partial charge in [0.2, 0.25) is 5.91 Å². The van der Waals surface area contributed by atoms with Crippen LogP contribution in [0.4, 0.5) is 0 Å². The molecule has 0 aliphatic heterocycles. The summed E-state index contributed by atoms with van der Waals surface area (Å²) in [5.41, 5.74) is 0.819. The summed E-state index contributed by atoms with van der Waals surface area (Å²) in [6.45, 7) is 8.01. The van der Waals surface area contributed by atoms with Gasteiger partial charge in [0, 0.05) is 18.2 Å². The zero-order valence-electron chi connectivity index (χ0n) is 14.3. The molecule has 0 spiro atoms. The SMILES string of the molecule is CCC(C)(C)NC(=O)C(C)Sc1nnc(-c2ccccc2)n1C. The molecule has 0 fully saturated rings. The van der Waals surface area contributed by atoms with Gasteiger partial charge in [0.15, 0.2) is 11.0 Å². The monoisotopic (exact) mass is 332 g/mol. The molecule has 0 radical (unpaired) electrons. The predicted octanol–water partition coefficient (Wildman–Crippen LogP) is 3.27. The highest BCUT2D eigenvalue weighted by Gasteiger charge is 2.24. The summed E-state index contributed by atoms with van der Waals surface area (Å²) in [5, 5.41) is 12.1. The van der Waals surface area contributed by atoms with Gasteiger partial charge in [-0.05, 0) is 27.2 Å². The van der Waals surface area contributed by atoms with Crippen LogP contribution in [0.25, 0.3) is 11.4 Å².